The first-order valence-electron chi connectivity index (χ1n) is 8.66. The van der Waals surface area contributed by atoms with Crippen molar-refractivity contribution in [2.24, 2.45) is 0 Å². The van der Waals surface area contributed by atoms with Gasteiger partial charge in [0.1, 0.15) is 23.8 Å². The van der Waals surface area contributed by atoms with E-state index in [1.54, 1.807) is 0 Å². The first kappa shape index (κ1) is 16.6. The molecule has 8 nitrogen and oxygen atoms in total. The second-order valence-electron chi connectivity index (χ2n) is 6.88. The summed E-state index contributed by atoms with van der Waals surface area (Å²) in [4.78, 5) is 20.1. The second-order valence-corrected chi connectivity index (χ2v) is 6.88. The number of fused-ring (bicyclic) bond motifs is 5. The van der Waals surface area contributed by atoms with Crippen molar-refractivity contribution in [3.8, 4) is 0 Å². The Labute approximate surface area is 151 Å². The number of anilines is 2. The third-order valence-corrected chi connectivity index (χ3v) is 5.39. The third kappa shape index (κ3) is 2.52. The van der Waals surface area contributed by atoms with E-state index in [4.69, 9.17) is 9.26 Å². The van der Waals surface area contributed by atoms with E-state index in [0.29, 0.717) is 36.8 Å². The van der Waals surface area contributed by atoms with Crippen LogP contribution in [-0.4, -0.2) is 46.7 Å². The van der Waals surface area contributed by atoms with Gasteiger partial charge in [-0.05, 0) is 6.42 Å². The minimum atomic E-state index is -4.45. The smallest absolute Gasteiger partial charge is 0.377 e. The Bertz CT molecular complexity index is 940. The Kier molecular flexibility index (Phi) is 3.51. The molecule has 0 unspecified atom stereocenters. The molecule has 0 N–H and O–H groups in total. The van der Waals surface area contributed by atoms with Crippen molar-refractivity contribution >= 4 is 11.8 Å². The van der Waals surface area contributed by atoms with Gasteiger partial charge >= 0.3 is 6.18 Å². The van der Waals surface area contributed by atoms with Gasteiger partial charge in [0.25, 0.3) is 5.56 Å². The number of aromatic nitrogens is 3. The third-order valence-electron chi connectivity index (χ3n) is 5.39. The Morgan fingerprint density at radius 1 is 1.22 bits per heavy atom. The molecule has 0 radical (unpaired) electrons. The summed E-state index contributed by atoms with van der Waals surface area (Å²) >= 11 is 0. The van der Waals surface area contributed by atoms with Gasteiger partial charge in [0, 0.05) is 24.7 Å². The van der Waals surface area contributed by atoms with Gasteiger partial charge in [-0.25, -0.2) is 0 Å². The average Bonchev–Trinajstić information content (AvgIpc) is 3.09. The Morgan fingerprint density at radius 3 is 2.89 bits per heavy atom. The number of hydrogen-bond acceptors (Lipinski definition) is 7. The maximum absolute atomic E-state index is 13.7. The summed E-state index contributed by atoms with van der Waals surface area (Å²) in [5, 5.41) is 3.94. The number of ether oxygens (including phenoxy) is 1. The zero-order valence-electron chi connectivity index (χ0n) is 14.1. The molecular weight excluding hydrogens is 367 g/mol. The Hall–Kier alpha value is -2.56. The summed E-state index contributed by atoms with van der Waals surface area (Å²) < 4.78 is 53.0. The molecule has 2 aromatic rings. The largest absolute Gasteiger partial charge is 0.408 e. The highest BCUT2D eigenvalue weighted by Crippen LogP contribution is 2.39. The van der Waals surface area contributed by atoms with Crippen molar-refractivity contribution < 1.29 is 22.4 Å². The van der Waals surface area contributed by atoms with Crippen molar-refractivity contribution in [2.45, 2.75) is 37.8 Å². The lowest BCUT2D eigenvalue weighted by atomic mass is 10.0. The molecule has 2 bridgehead atoms. The van der Waals surface area contributed by atoms with Crippen molar-refractivity contribution in [3.05, 3.63) is 33.9 Å². The van der Waals surface area contributed by atoms with Gasteiger partial charge in [-0.2, -0.15) is 18.2 Å². The SMILES string of the molecule is O=c1cc2nc3n1CC[C@@H](C(F)(F)F)N3Cc1nocc1[C@@H]1COCCN21. The highest BCUT2D eigenvalue weighted by molar-refractivity contribution is 5.51. The highest BCUT2D eigenvalue weighted by Gasteiger charge is 2.48. The number of halogens is 3. The molecular formula is C16H16F3N5O3. The van der Waals surface area contributed by atoms with E-state index >= 15 is 0 Å². The quantitative estimate of drug-likeness (QED) is 0.682. The zero-order chi connectivity index (χ0) is 18.8. The summed E-state index contributed by atoms with van der Waals surface area (Å²) in [6, 6.07) is -0.678. The summed E-state index contributed by atoms with van der Waals surface area (Å²) in [6.45, 7) is 1.05. The van der Waals surface area contributed by atoms with E-state index in [2.05, 4.69) is 10.1 Å². The highest BCUT2D eigenvalue weighted by atomic mass is 19.4. The van der Waals surface area contributed by atoms with Gasteiger partial charge < -0.3 is 19.1 Å². The fourth-order valence-corrected chi connectivity index (χ4v) is 4.08. The van der Waals surface area contributed by atoms with Crippen LogP contribution in [0, 0.1) is 0 Å². The normalized spacial score (nSPS) is 24.6. The molecule has 3 aliphatic rings. The van der Waals surface area contributed by atoms with Crippen LogP contribution in [0.2, 0.25) is 0 Å². The Balaban J connectivity index is 1.75. The first-order valence-corrected chi connectivity index (χ1v) is 8.66. The van der Waals surface area contributed by atoms with Crippen LogP contribution >= 0.6 is 0 Å². The molecule has 0 amide bonds. The van der Waals surface area contributed by atoms with Crippen molar-refractivity contribution in [1.82, 2.24) is 14.7 Å². The van der Waals surface area contributed by atoms with E-state index < -0.39 is 12.2 Å². The van der Waals surface area contributed by atoms with Crippen LogP contribution in [0.25, 0.3) is 0 Å². The van der Waals surface area contributed by atoms with Gasteiger partial charge in [-0.15, -0.1) is 0 Å². The topological polar surface area (TPSA) is 76.6 Å². The second kappa shape index (κ2) is 5.72. The number of nitrogens with zero attached hydrogens (tertiary/aromatic N) is 5. The fourth-order valence-electron chi connectivity index (χ4n) is 4.08. The van der Waals surface area contributed by atoms with E-state index in [1.807, 2.05) is 4.90 Å². The first-order chi connectivity index (χ1) is 12.9. The van der Waals surface area contributed by atoms with Crippen LogP contribution in [0.4, 0.5) is 24.9 Å². The molecule has 0 spiro atoms. The molecule has 3 aliphatic heterocycles. The number of alkyl halides is 3. The van der Waals surface area contributed by atoms with Crippen molar-refractivity contribution in [1.29, 1.82) is 0 Å². The predicted molar refractivity (Wildman–Crippen MR) is 86.5 cm³/mol. The maximum atomic E-state index is 13.7. The van der Waals surface area contributed by atoms with Gasteiger partial charge in [-0.3, -0.25) is 9.36 Å². The van der Waals surface area contributed by atoms with E-state index in [1.165, 1.54) is 16.9 Å². The number of rotatable bonds is 0. The monoisotopic (exact) mass is 383 g/mol. The number of hydrogen-bond donors (Lipinski definition) is 0. The molecule has 2 aromatic heterocycles. The van der Waals surface area contributed by atoms with Crippen LogP contribution in [0.15, 0.2) is 21.6 Å². The zero-order valence-corrected chi connectivity index (χ0v) is 14.1. The molecule has 5 heterocycles. The number of morpholine rings is 1. The van der Waals surface area contributed by atoms with Crippen LogP contribution in [0.5, 0.6) is 0 Å². The molecule has 144 valence electrons. The van der Waals surface area contributed by atoms with Crippen molar-refractivity contribution in [2.75, 3.05) is 29.6 Å². The van der Waals surface area contributed by atoms with E-state index in [0.717, 1.165) is 4.90 Å². The molecule has 1 saturated heterocycles. The minimum absolute atomic E-state index is 0.0205. The van der Waals surface area contributed by atoms with Gasteiger partial charge in [-0.1, -0.05) is 5.16 Å². The molecule has 0 saturated carbocycles. The fraction of sp³-hybridized carbons (Fsp3) is 0.562. The molecule has 0 aromatic carbocycles. The minimum Gasteiger partial charge on any atom is -0.377 e. The van der Waals surface area contributed by atoms with Gasteiger partial charge in [0.2, 0.25) is 5.95 Å². The van der Waals surface area contributed by atoms with Crippen LogP contribution in [-0.2, 0) is 17.8 Å². The van der Waals surface area contributed by atoms with Gasteiger partial charge in [0.15, 0.2) is 0 Å². The lowest BCUT2D eigenvalue weighted by Gasteiger charge is -2.38. The average molecular weight is 383 g/mol. The molecule has 5 rings (SSSR count). The van der Waals surface area contributed by atoms with Crippen LogP contribution < -0.4 is 15.4 Å². The molecule has 1 fully saturated rings. The summed E-state index contributed by atoms with van der Waals surface area (Å²) in [7, 11) is 0. The van der Waals surface area contributed by atoms with E-state index in [9.17, 15) is 18.0 Å². The maximum Gasteiger partial charge on any atom is 0.408 e. The lowest BCUT2D eigenvalue weighted by molar-refractivity contribution is -0.153. The molecule has 0 aliphatic carbocycles. The van der Waals surface area contributed by atoms with Crippen LogP contribution in [0.3, 0.4) is 0 Å². The molecule has 2 atom stereocenters. The van der Waals surface area contributed by atoms with Crippen LogP contribution in [0.1, 0.15) is 23.7 Å². The molecule has 11 heteroatoms. The Morgan fingerprint density at radius 2 is 2.07 bits per heavy atom. The van der Waals surface area contributed by atoms with Gasteiger partial charge in [0.05, 0.1) is 25.8 Å². The summed E-state index contributed by atoms with van der Waals surface area (Å²) in [5.41, 5.74) is 0.699. The van der Waals surface area contributed by atoms with E-state index in [-0.39, 0.29) is 37.1 Å². The molecule has 27 heavy (non-hydrogen) atoms. The summed E-state index contributed by atoms with van der Waals surface area (Å²) in [6.07, 6.45) is -3.23. The summed E-state index contributed by atoms with van der Waals surface area (Å²) in [5.74, 6) is 0.369. The van der Waals surface area contributed by atoms with Crippen molar-refractivity contribution in [3.63, 3.8) is 0 Å². The standard InChI is InChI=1S/C16H16F3N5O3/c17-16(18,19)12-1-2-23-14(25)5-13-20-15(23)24(12)6-10-9(7-27-21-10)11-8-26-4-3-22(11)13/h5,7,11-12H,1-4,6,8H2/t11-,12-/m0/s1. The lowest BCUT2D eigenvalue weighted by Crippen LogP contribution is -2.52. The predicted octanol–water partition coefficient (Wildman–Crippen LogP) is 1.46.